The minimum Gasteiger partial charge on any atom is -0.506 e. The summed E-state index contributed by atoms with van der Waals surface area (Å²) in [7, 11) is 0. The number of amides is 1. The Labute approximate surface area is 176 Å². The van der Waals surface area contributed by atoms with Crippen molar-refractivity contribution in [2.75, 3.05) is 11.9 Å². The van der Waals surface area contributed by atoms with Crippen LogP contribution in [-0.4, -0.2) is 28.6 Å². The van der Waals surface area contributed by atoms with E-state index in [9.17, 15) is 19.5 Å². The fraction of sp³-hybridized carbons (Fsp3) is 0.318. The fourth-order valence-corrected chi connectivity index (χ4v) is 5.20. The van der Waals surface area contributed by atoms with Gasteiger partial charge in [0.1, 0.15) is 16.1 Å². The Morgan fingerprint density at radius 1 is 1.30 bits per heavy atom. The summed E-state index contributed by atoms with van der Waals surface area (Å²) in [5.74, 6) is -0.878. The summed E-state index contributed by atoms with van der Waals surface area (Å²) in [5.41, 5.74) is 0.836. The molecule has 3 N–H and O–H groups in total. The first-order chi connectivity index (χ1) is 14.4. The molecule has 0 fully saturated rings. The van der Waals surface area contributed by atoms with E-state index in [1.807, 2.05) is 0 Å². The molecule has 3 aromatic rings. The van der Waals surface area contributed by atoms with Gasteiger partial charge >= 0.3 is 5.97 Å². The van der Waals surface area contributed by atoms with E-state index in [0.717, 1.165) is 29.7 Å². The molecule has 0 aliphatic heterocycles. The van der Waals surface area contributed by atoms with E-state index in [1.54, 1.807) is 19.1 Å². The molecule has 1 atom stereocenters. The summed E-state index contributed by atoms with van der Waals surface area (Å²) >= 11 is 1.47. The Hall–Kier alpha value is -3.13. The Morgan fingerprint density at radius 3 is 2.73 bits per heavy atom. The van der Waals surface area contributed by atoms with E-state index < -0.39 is 17.4 Å². The van der Waals surface area contributed by atoms with Gasteiger partial charge in [0.2, 0.25) is 0 Å². The summed E-state index contributed by atoms with van der Waals surface area (Å²) < 4.78 is 4.93. The Balaban J connectivity index is 1.65. The summed E-state index contributed by atoms with van der Waals surface area (Å²) in [5, 5.41) is 14.0. The third kappa shape index (κ3) is 3.59. The number of ether oxygens (including phenoxy) is 1. The number of anilines is 1. The van der Waals surface area contributed by atoms with Crippen LogP contribution in [0, 0.1) is 5.92 Å². The molecule has 30 heavy (non-hydrogen) atoms. The summed E-state index contributed by atoms with van der Waals surface area (Å²) in [4.78, 5) is 41.6. The van der Waals surface area contributed by atoms with Crippen molar-refractivity contribution in [3.05, 3.63) is 56.2 Å². The van der Waals surface area contributed by atoms with Crippen molar-refractivity contribution in [3.63, 3.8) is 0 Å². The van der Waals surface area contributed by atoms with Crippen LogP contribution in [0.2, 0.25) is 0 Å². The number of aromatic amines is 1. The molecule has 1 aromatic carbocycles. The fourth-order valence-electron chi connectivity index (χ4n) is 3.80. The monoisotopic (exact) mass is 426 g/mol. The first-order valence-corrected chi connectivity index (χ1v) is 10.7. The van der Waals surface area contributed by atoms with Crippen LogP contribution >= 0.6 is 11.3 Å². The van der Waals surface area contributed by atoms with Crippen molar-refractivity contribution in [1.29, 1.82) is 0 Å². The molecule has 2 aromatic heterocycles. The van der Waals surface area contributed by atoms with Crippen LogP contribution in [0.15, 0.2) is 29.1 Å². The normalized spacial score (nSPS) is 15.6. The predicted octanol–water partition coefficient (Wildman–Crippen LogP) is 3.85. The number of aromatic nitrogens is 1. The molecule has 0 spiro atoms. The van der Waals surface area contributed by atoms with Gasteiger partial charge in [0, 0.05) is 10.6 Å². The van der Waals surface area contributed by atoms with Gasteiger partial charge in [-0.1, -0.05) is 6.92 Å². The zero-order valence-corrected chi connectivity index (χ0v) is 17.5. The number of rotatable bonds is 4. The molecule has 156 valence electrons. The lowest BCUT2D eigenvalue weighted by Crippen LogP contribution is -2.23. The van der Waals surface area contributed by atoms with Crippen molar-refractivity contribution < 1.29 is 19.4 Å². The number of carbonyl (C=O) groups excluding carboxylic acids is 2. The molecule has 0 bridgehead atoms. The van der Waals surface area contributed by atoms with E-state index >= 15 is 0 Å². The quantitative estimate of drug-likeness (QED) is 0.549. The van der Waals surface area contributed by atoms with Crippen molar-refractivity contribution >= 4 is 39.1 Å². The topological polar surface area (TPSA) is 108 Å². The summed E-state index contributed by atoms with van der Waals surface area (Å²) in [6.45, 7) is 4.17. The van der Waals surface area contributed by atoms with Gasteiger partial charge in [-0.15, -0.1) is 11.3 Å². The van der Waals surface area contributed by atoms with Gasteiger partial charge in [-0.25, -0.2) is 4.79 Å². The second-order valence-electron chi connectivity index (χ2n) is 7.49. The van der Waals surface area contributed by atoms with Gasteiger partial charge in [-0.05, 0) is 61.9 Å². The van der Waals surface area contributed by atoms with Crippen LogP contribution < -0.4 is 10.9 Å². The maximum absolute atomic E-state index is 12.8. The number of H-pyrrole nitrogens is 1. The minimum absolute atomic E-state index is 0.271. The van der Waals surface area contributed by atoms with Crippen molar-refractivity contribution in [1.82, 2.24) is 4.98 Å². The number of benzene rings is 1. The van der Waals surface area contributed by atoms with Gasteiger partial charge in [0.15, 0.2) is 0 Å². The highest BCUT2D eigenvalue weighted by molar-refractivity contribution is 7.18. The van der Waals surface area contributed by atoms with Gasteiger partial charge in [0.25, 0.3) is 11.5 Å². The van der Waals surface area contributed by atoms with Crippen LogP contribution in [0.3, 0.4) is 0 Å². The molecule has 1 aliphatic carbocycles. The van der Waals surface area contributed by atoms with Crippen LogP contribution in [0.1, 0.15) is 51.4 Å². The average Bonchev–Trinajstić information content (AvgIpc) is 3.05. The molecule has 0 saturated carbocycles. The second kappa shape index (κ2) is 7.95. The molecule has 1 aliphatic rings. The Bertz CT molecular complexity index is 1190. The van der Waals surface area contributed by atoms with E-state index in [1.165, 1.54) is 23.5 Å². The first kappa shape index (κ1) is 20.2. The SMILES string of the molecule is CCOC(=O)c1ccc(NC(=O)c2c(O)c3c4c(sc3[nH]c2=O)CC(C)CC4)cc1. The number of aromatic hydroxyl groups is 1. The number of hydrogen-bond acceptors (Lipinski definition) is 6. The van der Waals surface area contributed by atoms with E-state index in [0.29, 0.717) is 27.4 Å². The third-order valence-corrected chi connectivity index (χ3v) is 6.49. The number of aryl methyl sites for hydroxylation is 1. The molecule has 1 unspecified atom stereocenters. The van der Waals surface area contributed by atoms with Crippen LogP contribution in [0.5, 0.6) is 5.75 Å². The van der Waals surface area contributed by atoms with E-state index in [2.05, 4.69) is 17.2 Å². The van der Waals surface area contributed by atoms with Gasteiger partial charge in [-0.2, -0.15) is 0 Å². The molecule has 2 heterocycles. The van der Waals surface area contributed by atoms with Gasteiger partial charge in [-0.3, -0.25) is 9.59 Å². The second-order valence-corrected chi connectivity index (χ2v) is 8.59. The molecule has 0 saturated heterocycles. The lowest BCUT2D eigenvalue weighted by atomic mass is 9.89. The number of carbonyl (C=O) groups is 2. The zero-order chi connectivity index (χ0) is 21.4. The highest BCUT2D eigenvalue weighted by Gasteiger charge is 2.27. The zero-order valence-electron chi connectivity index (χ0n) is 16.7. The largest absolute Gasteiger partial charge is 0.506 e. The smallest absolute Gasteiger partial charge is 0.338 e. The number of fused-ring (bicyclic) bond motifs is 3. The lowest BCUT2D eigenvalue weighted by molar-refractivity contribution is 0.0526. The summed E-state index contributed by atoms with van der Waals surface area (Å²) in [6, 6.07) is 6.14. The molecule has 1 amide bonds. The van der Waals surface area contributed by atoms with Crippen molar-refractivity contribution in [2.24, 2.45) is 5.92 Å². The highest BCUT2D eigenvalue weighted by atomic mass is 32.1. The number of esters is 1. The van der Waals surface area contributed by atoms with Gasteiger partial charge < -0.3 is 20.1 Å². The molecule has 7 nitrogen and oxygen atoms in total. The van der Waals surface area contributed by atoms with Crippen LogP contribution in [0.25, 0.3) is 10.2 Å². The summed E-state index contributed by atoms with van der Waals surface area (Å²) in [6.07, 6.45) is 2.72. The minimum atomic E-state index is -0.705. The van der Waals surface area contributed by atoms with Gasteiger partial charge in [0.05, 0.1) is 17.6 Å². The average molecular weight is 426 g/mol. The van der Waals surface area contributed by atoms with Crippen molar-refractivity contribution in [3.8, 4) is 5.75 Å². The standard InChI is InChI=1S/C22H22N2O5S/c1-3-29-22(28)12-5-7-13(8-6-12)23-19(26)17-18(25)16-14-9-4-11(2)10-15(14)30-21(16)24-20(17)27/h5-8,11H,3-4,9-10H2,1-2H3,(H,23,26)(H2,24,25,27). The molecule has 4 rings (SSSR count). The lowest BCUT2D eigenvalue weighted by Gasteiger charge is -2.18. The van der Waals surface area contributed by atoms with E-state index in [-0.39, 0.29) is 17.9 Å². The van der Waals surface area contributed by atoms with E-state index in [4.69, 9.17) is 4.74 Å². The highest BCUT2D eigenvalue weighted by Crippen LogP contribution is 2.41. The number of nitrogens with one attached hydrogen (secondary N) is 2. The molecular weight excluding hydrogens is 404 g/mol. The number of thiophene rings is 1. The number of hydrogen-bond donors (Lipinski definition) is 3. The Kier molecular flexibility index (Phi) is 5.34. The third-order valence-electron chi connectivity index (χ3n) is 5.32. The molecule has 8 heteroatoms. The maximum Gasteiger partial charge on any atom is 0.338 e. The molecule has 0 radical (unpaired) electrons. The van der Waals surface area contributed by atoms with Crippen LogP contribution in [-0.2, 0) is 17.6 Å². The Morgan fingerprint density at radius 2 is 2.03 bits per heavy atom. The van der Waals surface area contributed by atoms with Crippen molar-refractivity contribution in [2.45, 2.75) is 33.1 Å². The molecular formula is C22H22N2O5S. The predicted molar refractivity (Wildman–Crippen MR) is 116 cm³/mol. The number of pyridine rings is 1. The maximum atomic E-state index is 12.8. The van der Waals surface area contributed by atoms with Crippen LogP contribution in [0.4, 0.5) is 5.69 Å². The first-order valence-electron chi connectivity index (χ1n) is 9.87.